The minimum absolute atomic E-state index is 0.344. The summed E-state index contributed by atoms with van der Waals surface area (Å²) in [6, 6.07) is 2.08. The van der Waals surface area contributed by atoms with Gasteiger partial charge in [-0.1, -0.05) is 24.4 Å². The van der Waals surface area contributed by atoms with Gasteiger partial charge in [0.15, 0.2) is 0 Å². The molecule has 1 fully saturated rings. The summed E-state index contributed by atoms with van der Waals surface area (Å²) >= 11 is 0. The van der Waals surface area contributed by atoms with Crippen molar-refractivity contribution in [2.75, 3.05) is 0 Å². The van der Waals surface area contributed by atoms with Gasteiger partial charge in [-0.2, -0.15) is 5.10 Å². The first-order valence-electron chi connectivity index (χ1n) is 10.5. The maximum Gasteiger partial charge on any atom is 0.141 e. The van der Waals surface area contributed by atoms with Crippen LogP contribution in [0.4, 0.5) is 4.39 Å². The van der Waals surface area contributed by atoms with Gasteiger partial charge in [0.2, 0.25) is 0 Å². The van der Waals surface area contributed by atoms with Crippen LogP contribution in [-0.4, -0.2) is 30.2 Å². The van der Waals surface area contributed by atoms with E-state index in [2.05, 4.69) is 16.3 Å². The van der Waals surface area contributed by atoms with Crippen LogP contribution < -0.4 is 0 Å². The lowest BCUT2D eigenvalue weighted by Crippen LogP contribution is -2.31. The van der Waals surface area contributed by atoms with Crippen LogP contribution in [0.2, 0.25) is 0 Å². The maximum absolute atomic E-state index is 15.6. The molecule has 1 aliphatic carbocycles. The van der Waals surface area contributed by atoms with Crippen LogP contribution in [-0.2, 0) is 13.6 Å². The minimum Gasteiger partial charge on any atom is -0.361 e. The fourth-order valence-electron chi connectivity index (χ4n) is 4.75. The van der Waals surface area contributed by atoms with E-state index in [0.29, 0.717) is 19.4 Å². The van der Waals surface area contributed by atoms with E-state index in [1.807, 2.05) is 50.2 Å². The second-order valence-corrected chi connectivity index (χ2v) is 8.58. The van der Waals surface area contributed by atoms with E-state index in [1.165, 1.54) is 0 Å². The average Bonchev–Trinajstić information content (AvgIpc) is 3.40. The molecule has 4 heterocycles. The molecule has 156 valence electrons. The molecule has 0 N–H and O–H groups in total. The van der Waals surface area contributed by atoms with Crippen LogP contribution >= 0.6 is 0 Å². The van der Waals surface area contributed by atoms with E-state index in [1.54, 1.807) is 4.68 Å². The molecule has 0 radical (unpaired) electrons. The molecule has 4 aromatic heterocycles. The summed E-state index contributed by atoms with van der Waals surface area (Å²) in [5.41, 5.74) is 5.29. The lowest BCUT2D eigenvalue weighted by Gasteiger charge is -2.30. The second kappa shape index (κ2) is 7.07. The molecule has 0 spiro atoms. The summed E-state index contributed by atoms with van der Waals surface area (Å²) in [6.45, 7) is 4.17. The van der Waals surface area contributed by atoms with Gasteiger partial charge < -0.3 is 9.09 Å². The number of nitrogens with zero attached hydrogens (tertiary/aromatic N) is 5. The smallest absolute Gasteiger partial charge is 0.141 e. The summed E-state index contributed by atoms with van der Waals surface area (Å²) in [4.78, 5) is 4.79. The number of aromatic nitrogens is 5. The molecule has 0 unspecified atom stereocenters. The van der Waals surface area contributed by atoms with Crippen molar-refractivity contribution >= 4 is 11.0 Å². The van der Waals surface area contributed by atoms with Crippen LogP contribution in [0.15, 0.2) is 35.4 Å². The summed E-state index contributed by atoms with van der Waals surface area (Å²) in [6.07, 6.45) is 11.9. The Balaban J connectivity index is 1.67. The SMILES string of the molecule is Cc1noc(C)c1-c1cnc2c(-c3cnn(C)c3)cn(CC3(F)CCCCC3)c2c1. The normalized spacial score (nSPS) is 16.4. The standard InChI is InChI=1S/C23H26FN5O/c1-15-21(16(2)30-27-15)17-9-20-22(25-10-17)19(18-11-26-28(3)12-18)13-29(20)14-23(24)7-5-4-6-8-23/h9-13H,4-8,14H2,1-3H3. The van der Waals surface area contributed by atoms with Crippen molar-refractivity contribution in [2.45, 2.75) is 58.2 Å². The lowest BCUT2D eigenvalue weighted by atomic mass is 9.86. The van der Waals surface area contributed by atoms with Crippen LogP contribution in [0.1, 0.15) is 43.6 Å². The molecule has 4 aromatic rings. The average molecular weight is 407 g/mol. The van der Waals surface area contributed by atoms with E-state index < -0.39 is 5.67 Å². The number of pyridine rings is 1. The number of hydrogen-bond acceptors (Lipinski definition) is 4. The lowest BCUT2D eigenvalue weighted by molar-refractivity contribution is 0.0873. The van der Waals surface area contributed by atoms with Gasteiger partial charge in [-0.05, 0) is 32.8 Å². The molecule has 1 aliphatic rings. The first-order valence-corrected chi connectivity index (χ1v) is 10.5. The summed E-state index contributed by atoms with van der Waals surface area (Å²) in [5, 5.41) is 8.38. The Morgan fingerprint density at radius 1 is 1.10 bits per heavy atom. The molecular formula is C23H26FN5O. The third-order valence-corrected chi connectivity index (χ3v) is 6.26. The zero-order valence-electron chi connectivity index (χ0n) is 17.7. The fourth-order valence-corrected chi connectivity index (χ4v) is 4.75. The predicted octanol–water partition coefficient (Wildman–Crippen LogP) is 5.38. The van der Waals surface area contributed by atoms with E-state index in [4.69, 9.17) is 9.51 Å². The van der Waals surface area contributed by atoms with E-state index in [-0.39, 0.29) is 0 Å². The van der Waals surface area contributed by atoms with Crippen molar-refractivity contribution in [2.24, 2.45) is 7.05 Å². The van der Waals surface area contributed by atoms with E-state index in [9.17, 15) is 0 Å². The van der Waals surface area contributed by atoms with E-state index >= 15 is 4.39 Å². The minimum atomic E-state index is -1.17. The Labute approximate surface area is 174 Å². The molecule has 0 amide bonds. The molecule has 1 saturated carbocycles. The molecular weight excluding hydrogens is 381 g/mol. The van der Waals surface area contributed by atoms with Gasteiger partial charge in [0.1, 0.15) is 11.4 Å². The van der Waals surface area contributed by atoms with Gasteiger partial charge >= 0.3 is 0 Å². The van der Waals surface area contributed by atoms with Gasteiger partial charge in [-0.3, -0.25) is 9.67 Å². The van der Waals surface area contributed by atoms with Crippen LogP contribution in [0.25, 0.3) is 33.3 Å². The van der Waals surface area contributed by atoms with E-state index in [0.717, 1.165) is 64.0 Å². The summed E-state index contributed by atoms with van der Waals surface area (Å²) in [7, 11) is 1.89. The van der Waals surface area contributed by atoms with Crippen LogP contribution in [0.3, 0.4) is 0 Å². The number of fused-ring (bicyclic) bond motifs is 1. The fraction of sp³-hybridized carbons (Fsp3) is 0.435. The highest BCUT2D eigenvalue weighted by Crippen LogP contribution is 2.38. The van der Waals surface area contributed by atoms with Crippen molar-refractivity contribution < 1.29 is 8.91 Å². The Bertz CT molecular complexity index is 1190. The molecule has 7 heteroatoms. The van der Waals surface area contributed by atoms with Gasteiger partial charge in [-0.25, -0.2) is 4.39 Å². The highest BCUT2D eigenvalue weighted by molar-refractivity contribution is 5.94. The number of rotatable bonds is 4. The molecule has 5 rings (SSSR count). The van der Waals surface area contributed by atoms with Crippen molar-refractivity contribution in [1.82, 2.24) is 24.5 Å². The summed E-state index contributed by atoms with van der Waals surface area (Å²) < 4.78 is 24.8. The molecule has 0 atom stereocenters. The van der Waals surface area contributed by atoms with Gasteiger partial charge in [0.05, 0.1) is 29.5 Å². The second-order valence-electron chi connectivity index (χ2n) is 8.58. The monoisotopic (exact) mass is 407 g/mol. The molecule has 0 aliphatic heterocycles. The Kier molecular flexibility index (Phi) is 4.49. The molecule has 0 bridgehead atoms. The van der Waals surface area contributed by atoms with Crippen molar-refractivity contribution in [1.29, 1.82) is 0 Å². The number of hydrogen-bond donors (Lipinski definition) is 0. The molecule has 6 nitrogen and oxygen atoms in total. The first-order chi connectivity index (χ1) is 14.4. The zero-order valence-corrected chi connectivity index (χ0v) is 17.7. The maximum atomic E-state index is 15.6. The predicted molar refractivity (Wildman–Crippen MR) is 114 cm³/mol. The first kappa shape index (κ1) is 19.0. The van der Waals surface area contributed by atoms with Gasteiger partial charge in [0, 0.05) is 47.9 Å². The molecule has 0 saturated heterocycles. The van der Waals surface area contributed by atoms with Crippen molar-refractivity contribution in [3.63, 3.8) is 0 Å². The highest BCUT2D eigenvalue weighted by atomic mass is 19.1. The Hall–Kier alpha value is -2.96. The topological polar surface area (TPSA) is 61.7 Å². The number of aryl methyl sites for hydroxylation is 3. The summed E-state index contributed by atoms with van der Waals surface area (Å²) in [5.74, 6) is 0.758. The van der Waals surface area contributed by atoms with Crippen LogP contribution in [0.5, 0.6) is 0 Å². The molecule has 0 aromatic carbocycles. The van der Waals surface area contributed by atoms with Crippen LogP contribution in [0, 0.1) is 13.8 Å². The quantitative estimate of drug-likeness (QED) is 0.456. The Morgan fingerprint density at radius 2 is 1.90 bits per heavy atom. The van der Waals surface area contributed by atoms with Gasteiger partial charge in [0.25, 0.3) is 0 Å². The number of halogens is 1. The largest absolute Gasteiger partial charge is 0.361 e. The number of alkyl halides is 1. The third-order valence-electron chi connectivity index (χ3n) is 6.26. The Morgan fingerprint density at radius 3 is 2.57 bits per heavy atom. The highest BCUT2D eigenvalue weighted by Gasteiger charge is 2.33. The van der Waals surface area contributed by atoms with Gasteiger partial charge in [-0.15, -0.1) is 0 Å². The van der Waals surface area contributed by atoms with Crippen molar-refractivity contribution in [3.05, 3.63) is 42.3 Å². The van der Waals surface area contributed by atoms with Crippen molar-refractivity contribution in [3.8, 4) is 22.3 Å². The molecule has 30 heavy (non-hydrogen) atoms. The third kappa shape index (κ3) is 3.22. The zero-order chi connectivity index (χ0) is 20.9.